The van der Waals surface area contributed by atoms with Crippen molar-refractivity contribution in [2.24, 2.45) is 5.73 Å². The molecular formula is C17H29N3. The van der Waals surface area contributed by atoms with Gasteiger partial charge in [0, 0.05) is 37.4 Å². The van der Waals surface area contributed by atoms with Crippen LogP contribution >= 0.6 is 0 Å². The van der Waals surface area contributed by atoms with Crippen molar-refractivity contribution in [2.75, 3.05) is 37.6 Å². The summed E-state index contributed by atoms with van der Waals surface area (Å²) in [6.07, 6.45) is 0.976. The van der Waals surface area contributed by atoms with Crippen LogP contribution in [-0.2, 0) is 6.42 Å². The summed E-state index contributed by atoms with van der Waals surface area (Å²) in [6.45, 7) is 14.3. The molecule has 0 aliphatic carbocycles. The van der Waals surface area contributed by atoms with E-state index in [0.717, 1.165) is 39.1 Å². The lowest BCUT2D eigenvalue weighted by molar-refractivity contribution is 0.128. The van der Waals surface area contributed by atoms with Crippen LogP contribution < -0.4 is 10.6 Å². The Hall–Kier alpha value is -1.06. The zero-order valence-electron chi connectivity index (χ0n) is 13.4. The van der Waals surface area contributed by atoms with Crippen LogP contribution in [0.4, 0.5) is 5.69 Å². The molecule has 0 bridgehead atoms. The Balaban J connectivity index is 2.02. The molecule has 0 aromatic heterocycles. The Morgan fingerprint density at radius 2 is 1.75 bits per heavy atom. The highest BCUT2D eigenvalue weighted by molar-refractivity contribution is 5.51. The Morgan fingerprint density at radius 3 is 2.25 bits per heavy atom. The molecule has 112 valence electrons. The highest BCUT2D eigenvalue weighted by atomic mass is 15.3. The molecule has 3 nitrogen and oxygen atoms in total. The van der Waals surface area contributed by atoms with Crippen molar-refractivity contribution in [1.29, 1.82) is 0 Å². The molecule has 0 spiro atoms. The lowest BCUT2D eigenvalue weighted by atomic mass is 10.0. The Bertz CT molecular complexity index is 440. The average Bonchev–Trinajstić information content (AvgIpc) is 2.40. The van der Waals surface area contributed by atoms with E-state index in [1.54, 1.807) is 0 Å². The minimum atomic E-state index is 0.285. The van der Waals surface area contributed by atoms with Gasteiger partial charge in [-0.1, -0.05) is 6.07 Å². The first-order chi connectivity index (χ1) is 9.41. The van der Waals surface area contributed by atoms with Gasteiger partial charge in [0.15, 0.2) is 0 Å². The molecule has 3 heteroatoms. The molecule has 0 saturated carbocycles. The number of rotatable bonds is 3. The Kier molecular flexibility index (Phi) is 4.71. The molecule has 1 aliphatic rings. The van der Waals surface area contributed by atoms with Crippen molar-refractivity contribution in [1.82, 2.24) is 4.90 Å². The third-order valence-corrected chi connectivity index (χ3v) is 4.33. The van der Waals surface area contributed by atoms with E-state index in [9.17, 15) is 0 Å². The summed E-state index contributed by atoms with van der Waals surface area (Å²) in [5, 5.41) is 0. The lowest BCUT2D eigenvalue weighted by Crippen LogP contribution is -2.53. The maximum Gasteiger partial charge on any atom is 0.0369 e. The van der Waals surface area contributed by atoms with Crippen molar-refractivity contribution in [2.45, 2.75) is 39.7 Å². The molecule has 0 atom stereocenters. The van der Waals surface area contributed by atoms with Gasteiger partial charge < -0.3 is 10.6 Å². The van der Waals surface area contributed by atoms with Crippen LogP contribution in [0.2, 0.25) is 0 Å². The Labute approximate surface area is 123 Å². The third kappa shape index (κ3) is 3.53. The monoisotopic (exact) mass is 275 g/mol. The van der Waals surface area contributed by atoms with Crippen molar-refractivity contribution in [3.05, 3.63) is 29.3 Å². The van der Waals surface area contributed by atoms with Gasteiger partial charge in [0.05, 0.1) is 0 Å². The average molecular weight is 275 g/mol. The molecule has 1 aliphatic heterocycles. The van der Waals surface area contributed by atoms with Crippen LogP contribution in [0.25, 0.3) is 0 Å². The number of hydrogen-bond donors (Lipinski definition) is 1. The molecule has 1 aromatic carbocycles. The van der Waals surface area contributed by atoms with E-state index in [1.807, 2.05) is 0 Å². The Morgan fingerprint density at radius 1 is 1.10 bits per heavy atom. The molecule has 2 rings (SSSR count). The number of aryl methyl sites for hydroxylation is 1. The molecule has 0 unspecified atom stereocenters. The summed E-state index contributed by atoms with van der Waals surface area (Å²) in [5.74, 6) is 0. The maximum atomic E-state index is 5.65. The van der Waals surface area contributed by atoms with Gasteiger partial charge in [-0.15, -0.1) is 0 Å². The van der Waals surface area contributed by atoms with E-state index in [-0.39, 0.29) is 5.54 Å². The molecule has 1 heterocycles. The quantitative estimate of drug-likeness (QED) is 0.919. The van der Waals surface area contributed by atoms with Gasteiger partial charge in [-0.25, -0.2) is 0 Å². The molecule has 20 heavy (non-hydrogen) atoms. The third-order valence-electron chi connectivity index (χ3n) is 4.33. The summed E-state index contributed by atoms with van der Waals surface area (Å²) in [6, 6.07) is 6.82. The van der Waals surface area contributed by atoms with Crippen LogP contribution in [0.15, 0.2) is 18.2 Å². The topological polar surface area (TPSA) is 32.5 Å². The van der Waals surface area contributed by atoms with E-state index in [0.29, 0.717) is 0 Å². The molecular weight excluding hydrogens is 246 g/mol. The van der Waals surface area contributed by atoms with Gasteiger partial charge in [0.25, 0.3) is 0 Å². The summed E-state index contributed by atoms with van der Waals surface area (Å²) in [4.78, 5) is 5.07. The fourth-order valence-corrected chi connectivity index (χ4v) is 2.95. The minimum absolute atomic E-state index is 0.285. The molecule has 0 radical (unpaired) electrons. The van der Waals surface area contributed by atoms with Gasteiger partial charge >= 0.3 is 0 Å². The molecule has 0 amide bonds. The predicted octanol–water partition coefficient (Wildman–Crippen LogP) is 2.42. The van der Waals surface area contributed by atoms with Crippen molar-refractivity contribution in [3.8, 4) is 0 Å². The number of nitrogens with zero attached hydrogens (tertiary/aromatic N) is 2. The first-order valence-corrected chi connectivity index (χ1v) is 7.71. The lowest BCUT2D eigenvalue weighted by Gasteiger charge is -2.43. The van der Waals surface area contributed by atoms with Gasteiger partial charge in [-0.3, -0.25) is 4.90 Å². The number of nitrogens with two attached hydrogens (primary N) is 1. The van der Waals surface area contributed by atoms with Crippen molar-refractivity contribution >= 4 is 5.69 Å². The summed E-state index contributed by atoms with van der Waals surface area (Å²) in [7, 11) is 0. The zero-order chi connectivity index (χ0) is 14.8. The normalized spacial score (nSPS) is 17.6. The zero-order valence-corrected chi connectivity index (χ0v) is 13.4. The number of piperazine rings is 1. The standard InChI is InChI=1S/C17H29N3/c1-14-13-16(6-5-15(14)7-8-18)19-9-11-20(12-10-19)17(2,3)4/h5-6,13H,7-12,18H2,1-4H3. The van der Waals surface area contributed by atoms with E-state index in [1.165, 1.54) is 16.8 Å². The van der Waals surface area contributed by atoms with Crippen molar-refractivity contribution in [3.63, 3.8) is 0 Å². The molecule has 1 saturated heterocycles. The van der Waals surface area contributed by atoms with Crippen LogP contribution in [0.3, 0.4) is 0 Å². The maximum absolute atomic E-state index is 5.65. The SMILES string of the molecule is Cc1cc(N2CCN(C(C)(C)C)CC2)ccc1CCN. The molecule has 2 N–H and O–H groups in total. The van der Waals surface area contributed by atoms with Crippen LogP contribution in [0, 0.1) is 6.92 Å². The van der Waals surface area contributed by atoms with E-state index in [2.05, 4.69) is 55.7 Å². The summed E-state index contributed by atoms with van der Waals surface area (Å²) >= 11 is 0. The number of benzene rings is 1. The molecule has 1 fully saturated rings. The van der Waals surface area contributed by atoms with E-state index < -0.39 is 0 Å². The van der Waals surface area contributed by atoms with E-state index >= 15 is 0 Å². The second-order valence-electron chi connectivity index (χ2n) is 6.79. The number of anilines is 1. The first kappa shape index (κ1) is 15.3. The van der Waals surface area contributed by atoms with Gasteiger partial charge in [-0.05, 0) is 63.9 Å². The van der Waals surface area contributed by atoms with Crippen LogP contribution in [0.1, 0.15) is 31.9 Å². The van der Waals surface area contributed by atoms with Crippen molar-refractivity contribution < 1.29 is 0 Å². The fraction of sp³-hybridized carbons (Fsp3) is 0.647. The minimum Gasteiger partial charge on any atom is -0.369 e. The summed E-state index contributed by atoms with van der Waals surface area (Å²) in [5.41, 5.74) is 10.0. The smallest absolute Gasteiger partial charge is 0.0369 e. The highest BCUT2D eigenvalue weighted by Gasteiger charge is 2.25. The predicted molar refractivity (Wildman–Crippen MR) is 87.5 cm³/mol. The second kappa shape index (κ2) is 6.15. The molecule has 1 aromatic rings. The van der Waals surface area contributed by atoms with Gasteiger partial charge in [-0.2, -0.15) is 0 Å². The summed E-state index contributed by atoms with van der Waals surface area (Å²) < 4.78 is 0. The largest absolute Gasteiger partial charge is 0.369 e. The fourth-order valence-electron chi connectivity index (χ4n) is 2.95. The van der Waals surface area contributed by atoms with E-state index in [4.69, 9.17) is 5.73 Å². The van der Waals surface area contributed by atoms with Crippen LogP contribution in [0.5, 0.6) is 0 Å². The second-order valence-corrected chi connectivity index (χ2v) is 6.79. The first-order valence-electron chi connectivity index (χ1n) is 7.71. The van der Waals surface area contributed by atoms with Crippen LogP contribution in [-0.4, -0.2) is 43.2 Å². The van der Waals surface area contributed by atoms with Gasteiger partial charge in [0.2, 0.25) is 0 Å². The number of hydrogen-bond acceptors (Lipinski definition) is 3. The highest BCUT2D eigenvalue weighted by Crippen LogP contribution is 2.23. The van der Waals surface area contributed by atoms with Gasteiger partial charge in [0.1, 0.15) is 0 Å².